The van der Waals surface area contributed by atoms with Gasteiger partial charge in [-0.1, -0.05) is 23.8 Å². The van der Waals surface area contributed by atoms with Crippen molar-refractivity contribution < 1.29 is 23.5 Å². The van der Waals surface area contributed by atoms with Crippen LogP contribution in [0.1, 0.15) is 15.9 Å². The van der Waals surface area contributed by atoms with Gasteiger partial charge in [0.15, 0.2) is 6.61 Å². The zero-order valence-corrected chi connectivity index (χ0v) is 13.5. The van der Waals surface area contributed by atoms with Crippen molar-refractivity contribution in [1.82, 2.24) is 5.32 Å². The number of anilines is 1. The second kappa shape index (κ2) is 8.58. The van der Waals surface area contributed by atoms with Crippen molar-refractivity contribution in [2.45, 2.75) is 6.92 Å². The Morgan fingerprint density at radius 1 is 1.08 bits per heavy atom. The number of nitrogens with one attached hydrogen (secondary N) is 2. The van der Waals surface area contributed by atoms with E-state index in [1.807, 2.05) is 19.1 Å². The summed E-state index contributed by atoms with van der Waals surface area (Å²) in [7, 11) is 0. The molecule has 0 aliphatic carbocycles. The maximum atomic E-state index is 13.0. The average molecular weight is 344 g/mol. The van der Waals surface area contributed by atoms with E-state index in [0.29, 0.717) is 5.69 Å². The molecular formula is C18H17FN2O4. The first kappa shape index (κ1) is 18.1. The van der Waals surface area contributed by atoms with Gasteiger partial charge in [0.25, 0.3) is 11.8 Å². The molecule has 2 aromatic rings. The first-order chi connectivity index (χ1) is 11.9. The number of hydrogen-bond donors (Lipinski definition) is 2. The molecule has 0 fully saturated rings. The van der Waals surface area contributed by atoms with Crippen molar-refractivity contribution in [3.8, 4) is 0 Å². The van der Waals surface area contributed by atoms with Crippen LogP contribution in [0.25, 0.3) is 0 Å². The summed E-state index contributed by atoms with van der Waals surface area (Å²) in [6, 6.07) is 12.2. The van der Waals surface area contributed by atoms with Crippen molar-refractivity contribution in [3.63, 3.8) is 0 Å². The normalized spacial score (nSPS) is 10.0. The summed E-state index contributed by atoms with van der Waals surface area (Å²) in [5, 5.41) is 4.87. The van der Waals surface area contributed by atoms with Crippen molar-refractivity contribution in [2.24, 2.45) is 0 Å². The SMILES string of the molecule is Cc1ccc(NC(=O)COC(=O)CNC(=O)c2cccc(F)c2)cc1. The quantitative estimate of drug-likeness (QED) is 0.786. The molecule has 0 spiro atoms. The molecule has 2 amide bonds. The van der Waals surface area contributed by atoms with Gasteiger partial charge in [0, 0.05) is 11.3 Å². The number of halogens is 1. The Labute approximate surface area is 144 Å². The molecule has 130 valence electrons. The van der Waals surface area contributed by atoms with Gasteiger partial charge in [-0.25, -0.2) is 4.39 Å². The zero-order valence-electron chi connectivity index (χ0n) is 13.5. The molecule has 0 bridgehead atoms. The van der Waals surface area contributed by atoms with Gasteiger partial charge in [-0.05, 0) is 37.3 Å². The minimum Gasteiger partial charge on any atom is -0.454 e. The molecule has 0 aliphatic heterocycles. The lowest BCUT2D eigenvalue weighted by molar-refractivity contribution is -0.146. The summed E-state index contributed by atoms with van der Waals surface area (Å²) in [5.41, 5.74) is 1.73. The van der Waals surface area contributed by atoms with Gasteiger partial charge in [-0.15, -0.1) is 0 Å². The highest BCUT2D eigenvalue weighted by molar-refractivity contribution is 5.96. The predicted molar refractivity (Wildman–Crippen MR) is 89.5 cm³/mol. The number of aryl methyl sites for hydroxylation is 1. The first-order valence-electron chi connectivity index (χ1n) is 7.50. The summed E-state index contributed by atoms with van der Waals surface area (Å²) in [5.74, 6) is -2.43. The lowest BCUT2D eigenvalue weighted by atomic mass is 10.2. The Hall–Kier alpha value is -3.22. The van der Waals surface area contributed by atoms with Crippen LogP contribution in [0.3, 0.4) is 0 Å². The molecule has 0 saturated carbocycles. The summed E-state index contributed by atoms with van der Waals surface area (Å²) < 4.78 is 17.8. The number of carbonyl (C=O) groups excluding carboxylic acids is 3. The topological polar surface area (TPSA) is 84.5 Å². The number of amides is 2. The fraction of sp³-hybridized carbons (Fsp3) is 0.167. The van der Waals surface area contributed by atoms with E-state index in [4.69, 9.17) is 4.74 Å². The Kier molecular flexibility index (Phi) is 6.22. The number of hydrogen-bond acceptors (Lipinski definition) is 4. The van der Waals surface area contributed by atoms with E-state index in [-0.39, 0.29) is 5.56 Å². The lowest BCUT2D eigenvalue weighted by Gasteiger charge is -2.08. The van der Waals surface area contributed by atoms with Crippen LogP contribution in [0.2, 0.25) is 0 Å². The molecule has 0 heterocycles. The molecule has 25 heavy (non-hydrogen) atoms. The standard InChI is InChI=1S/C18H17FN2O4/c1-12-5-7-15(8-6-12)21-16(22)11-25-17(23)10-20-18(24)13-3-2-4-14(19)9-13/h2-9H,10-11H2,1H3,(H,20,24)(H,21,22). The molecule has 7 heteroatoms. The molecular weight excluding hydrogens is 327 g/mol. The van der Waals surface area contributed by atoms with Crippen LogP contribution in [0.15, 0.2) is 48.5 Å². The van der Waals surface area contributed by atoms with Crippen molar-refractivity contribution in [2.75, 3.05) is 18.5 Å². The Balaban J connectivity index is 1.72. The van der Waals surface area contributed by atoms with Crippen LogP contribution in [0.4, 0.5) is 10.1 Å². The lowest BCUT2D eigenvalue weighted by Crippen LogP contribution is -2.32. The van der Waals surface area contributed by atoms with Gasteiger partial charge in [0.2, 0.25) is 0 Å². The van der Waals surface area contributed by atoms with E-state index < -0.39 is 36.8 Å². The second-order valence-electron chi connectivity index (χ2n) is 5.27. The number of rotatable bonds is 6. The monoisotopic (exact) mass is 344 g/mol. The fourth-order valence-corrected chi connectivity index (χ4v) is 1.92. The van der Waals surface area contributed by atoms with Crippen LogP contribution in [0, 0.1) is 12.7 Å². The maximum Gasteiger partial charge on any atom is 0.325 e. The molecule has 0 unspecified atom stereocenters. The third-order valence-corrected chi connectivity index (χ3v) is 3.18. The molecule has 2 N–H and O–H groups in total. The molecule has 2 rings (SSSR count). The van der Waals surface area contributed by atoms with Gasteiger partial charge in [-0.2, -0.15) is 0 Å². The third kappa shape index (κ3) is 6.06. The number of esters is 1. The zero-order chi connectivity index (χ0) is 18.2. The highest BCUT2D eigenvalue weighted by Crippen LogP contribution is 2.08. The van der Waals surface area contributed by atoms with E-state index in [9.17, 15) is 18.8 Å². The summed E-state index contributed by atoms with van der Waals surface area (Å²) >= 11 is 0. The van der Waals surface area contributed by atoms with Gasteiger partial charge in [0.1, 0.15) is 12.4 Å². The molecule has 0 aliphatic rings. The van der Waals surface area contributed by atoms with Crippen LogP contribution in [0.5, 0.6) is 0 Å². The van der Waals surface area contributed by atoms with E-state index in [2.05, 4.69) is 10.6 Å². The van der Waals surface area contributed by atoms with Crippen LogP contribution in [-0.4, -0.2) is 30.9 Å². The van der Waals surface area contributed by atoms with Crippen molar-refractivity contribution in [3.05, 3.63) is 65.5 Å². The average Bonchev–Trinajstić information content (AvgIpc) is 2.60. The molecule has 2 aromatic carbocycles. The molecule has 0 saturated heterocycles. The van der Waals surface area contributed by atoms with Gasteiger partial charge < -0.3 is 15.4 Å². The molecule has 0 radical (unpaired) electrons. The van der Waals surface area contributed by atoms with Crippen LogP contribution >= 0.6 is 0 Å². The second-order valence-corrected chi connectivity index (χ2v) is 5.27. The van der Waals surface area contributed by atoms with Crippen molar-refractivity contribution in [1.29, 1.82) is 0 Å². The Bertz CT molecular complexity index is 775. The smallest absolute Gasteiger partial charge is 0.325 e. The van der Waals surface area contributed by atoms with E-state index in [0.717, 1.165) is 11.6 Å². The molecule has 0 atom stereocenters. The predicted octanol–water partition coefficient (Wildman–Crippen LogP) is 2.05. The maximum absolute atomic E-state index is 13.0. The summed E-state index contributed by atoms with van der Waals surface area (Å²) in [4.78, 5) is 35.0. The number of carbonyl (C=O) groups is 3. The number of ether oxygens (including phenoxy) is 1. The van der Waals surface area contributed by atoms with Crippen molar-refractivity contribution >= 4 is 23.5 Å². The van der Waals surface area contributed by atoms with Gasteiger partial charge in [0.05, 0.1) is 0 Å². The van der Waals surface area contributed by atoms with E-state index >= 15 is 0 Å². The minimum atomic E-state index is -0.774. The summed E-state index contributed by atoms with van der Waals surface area (Å²) in [6.07, 6.45) is 0. The third-order valence-electron chi connectivity index (χ3n) is 3.18. The largest absolute Gasteiger partial charge is 0.454 e. The Morgan fingerprint density at radius 3 is 2.48 bits per heavy atom. The number of benzene rings is 2. The van der Waals surface area contributed by atoms with E-state index in [1.54, 1.807) is 12.1 Å². The minimum absolute atomic E-state index is 0.0879. The highest BCUT2D eigenvalue weighted by atomic mass is 19.1. The van der Waals surface area contributed by atoms with Gasteiger partial charge >= 0.3 is 5.97 Å². The molecule has 0 aromatic heterocycles. The molecule has 6 nitrogen and oxygen atoms in total. The first-order valence-corrected chi connectivity index (χ1v) is 7.50. The highest BCUT2D eigenvalue weighted by Gasteiger charge is 2.11. The van der Waals surface area contributed by atoms with Gasteiger partial charge in [-0.3, -0.25) is 14.4 Å². The van der Waals surface area contributed by atoms with E-state index in [1.165, 1.54) is 18.2 Å². The summed E-state index contributed by atoms with van der Waals surface area (Å²) in [6.45, 7) is 1.03. The van der Waals surface area contributed by atoms with Crippen LogP contribution in [-0.2, 0) is 14.3 Å². The van der Waals surface area contributed by atoms with Crippen LogP contribution < -0.4 is 10.6 Å². The Morgan fingerprint density at radius 2 is 1.80 bits per heavy atom. The fourth-order valence-electron chi connectivity index (χ4n) is 1.92.